The van der Waals surface area contributed by atoms with Gasteiger partial charge in [0.2, 0.25) is 0 Å². The van der Waals surface area contributed by atoms with Crippen LogP contribution in [0.2, 0.25) is 0 Å². The third kappa shape index (κ3) is 7.63. The predicted molar refractivity (Wildman–Crippen MR) is 86.3 cm³/mol. The number of carboxylic acid groups (broad SMARTS) is 2. The van der Waals surface area contributed by atoms with Crippen LogP contribution in [-0.4, -0.2) is 33.7 Å². The molecule has 0 aromatic carbocycles. The molecule has 1 aromatic heterocycles. The van der Waals surface area contributed by atoms with E-state index in [1.165, 1.54) is 44.2 Å². The lowest BCUT2D eigenvalue weighted by Gasteiger charge is -2.08. The summed E-state index contributed by atoms with van der Waals surface area (Å²) in [7, 11) is 0. The molecule has 0 aliphatic heterocycles. The Bertz CT molecular complexity index is 483. The Kier molecular flexibility index (Phi) is 8.72. The van der Waals surface area contributed by atoms with E-state index in [4.69, 9.17) is 14.9 Å². The molecule has 1 aromatic rings. The summed E-state index contributed by atoms with van der Waals surface area (Å²) in [5.74, 6) is -2.31. The van der Waals surface area contributed by atoms with E-state index in [-0.39, 0.29) is 17.1 Å². The van der Waals surface area contributed by atoms with Crippen molar-refractivity contribution in [3.05, 3.63) is 23.5 Å². The van der Waals surface area contributed by atoms with Crippen molar-refractivity contribution in [3.63, 3.8) is 0 Å². The first-order chi connectivity index (χ1) is 11.0. The summed E-state index contributed by atoms with van der Waals surface area (Å²) in [6.07, 6.45) is 9.39. The molecular weight excluding hydrogens is 298 g/mol. The highest BCUT2D eigenvalue weighted by molar-refractivity contribution is 5.90. The Balaban J connectivity index is 2.34. The Morgan fingerprint density at radius 2 is 1.39 bits per heavy atom. The second-order valence-corrected chi connectivity index (χ2v) is 5.51. The second kappa shape index (κ2) is 10.6. The maximum atomic E-state index is 10.9. The molecule has 0 atom stereocenters. The molecule has 2 N–H and O–H groups in total. The Labute approximate surface area is 136 Å². The van der Waals surface area contributed by atoms with Gasteiger partial charge < -0.3 is 14.9 Å². The molecule has 6 nitrogen and oxygen atoms in total. The monoisotopic (exact) mass is 323 g/mol. The quantitative estimate of drug-likeness (QED) is 0.564. The largest absolute Gasteiger partial charge is 0.493 e. The van der Waals surface area contributed by atoms with Gasteiger partial charge in [-0.2, -0.15) is 0 Å². The van der Waals surface area contributed by atoms with Gasteiger partial charge in [-0.1, -0.05) is 51.9 Å². The Hall–Kier alpha value is -2.11. The molecule has 0 bridgehead atoms. The number of aromatic nitrogens is 1. The van der Waals surface area contributed by atoms with Gasteiger partial charge >= 0.3 is 11.9 Å². The van der Waals surface area contributed by atoms with E-state index in [0.717, 1.165) is 19.3 Å². The SMILES string of the molecule is CCCCCCCCCCOc1cc(C(=O)O)nc(C(=O)O)c1. The maximum Gasteiger partial charge on any atom is 0.354 e. The van der Waals surface area contributed by atoms with Crippen LogP contribution in [0.3, 0.4) is 0 Å². The number of carbonyl (C=O) groups is 2. The van der Waals surface area contributed by atoms with Crippen molar-refractivity contribution in [2.24, 2.45) is 0 Å². The number of rotatable bonds is 12. The standard InChI is InChI=1S/C17H25NO5/c1-2-3-4-5-6-7-8-9-10-23-13-11-14(16(19)20)18-15(12-13)17(21)22/h11-12H,2-10H2,1H3,(H,19,20)(H,21,22). The first-order valence-corrected chi connectivity index (χ1v) is 8.16. The third-order valence-corrected chi connectivity index (χ3v) is 3.50. The molecule has 1 heterocycles. The van der Waals surface area contributed by atoms with Crippen molar-refractivity contribution >= 4 is 11.9 Å². The Morgan fingerprint density at radius 3 is 1.87 bits per heavy atom. The number of unbranched alkanes of at least 4 members (excludes halogenated alkanes) is 7. The number of hydrogen-bond donors (Lipinski definition) is 2. The van der Waals surface area contributed by atoms with Gasteiger partial charge in [-0.05, 0) is 6.42 Å². The van der Waals surface area contributed by atoms with Crippen LogP contribution >= 0.6 is 0 Å². The highest BCUT2D eigenvalue weighted by Gasteiger charge is 2.13. The lowest BCUT2D eigenvalue weighted by molar-refractivity contribution is 0.0684. The first kappa shape index (κ1) is 18.9. The van der Waals surface area contributed by atoms with Gasteiger partial charge in [0, 0.05) is 12.1 Å². The van der Waals surface area contributed by atoms with Gasteiger partial charge in [-0.15, -0.1) is 0 Å². The van der Waals surface area contributed by atoms with Gasteiger partial charge in [0.15, 0.2) is 11.4 Å². The summed E-state index contributed by atoms with van der Waals surface area (Å²) in [6, 6.07) is 2.50. The van der Waals surface area contributed by atoms with E-state index in [1.54, 1.807) is 0 Å². The van der Waals surface area contributed by atoms with Gasteiger partial charge in [0.1, 0.15) is 5.75 Å². The molecule has 128 valence electrons. The normalized spacial score (nSPS) is 10.5. The minimum atomic E-state index is -1.27. The van der Waals surface area contributed by atoms with Crippen LogP contribution in [0.4, 0.5) is 0 Å². The minimum Gasteiger partial charge on any atom is -0.493 e. The summed E-state index contributed by atoms with van der Waals surface area (Å²) in [6.45, 7) is 2.64. The van der Waals surface area contributed by atoms with Gasteiger partial charge in [-0.3, -0.25) is 0 Å². The number of carboxylic acids is 2. The highest BCUT2D eigenvalue weighted by Crippen LogP contribution is 2.16. The highest BCUT2D eigenvalue weighted by atomic mass is 16.5. The molecule has 0 fully saturated rings. The second-order valence-electron chi connectivity index (χ2n) is 5.51. The van der Waals surface area contributed by atoms with Crippen molar-refractivity contribution in [2.45, 2.75) is 58.3 Å². The molecule has 6 heteroatoms. The third-order valence-electron chi connectivity index (χ3n) is 3.50. The van der Waals surface area contributed by atoms with Crippen LogP contribution in [0.15, 0.2) is 12.1 Å². The van der Waals surface area contributed by atoms with E-state index >= 15 is 0 Å². The average Bonchev–Trinajstić information content (AvgIpc) is 2.53. The van der Waals surface area contributed by atoms with Crippen molar-refractivity contribution in [3.8, 4) is 5.75 Å². The Morgan fingerprint density at radius 1 is 0.913 bits per heavy atom. The summed E-state index contributed by atoms with van der Waals surface area (Å²) in [5, 5.41) is 17.9. The van der Waals surface area contributed by atoms with Crippen molar-refractivity contribution in [2.75, 3.05) is 6.61 Å². The zero-order chi connectivity index (χ0) is 17.1. The predicted octanol–water partition coefficient (Wildman–Crippen LogP) is 4.00. The molecule has 0 amide bonds. The van der Waals surface area contributed by atoms with E-state index in [2.05, 4.69) is 11.9 Å². The summed E-state index contributed by atoms with van der Waals surface area (Å²) in [5.41, 5.74) is -0.647. The van der Waals surface area contributed by atoms with E-state index in [0.29, 0.717) is 6.61 Å². The molecule has 0 aliphatic carbocycles. The fraction of sp³-hybridized carbons (Fsp3) is 0.588. The molecule has 0 spiro atoms. The van der Waals surface area contributed by atoms with E-state index < -0.39 is 11.9 Å². The smallest absolute Gasteiger partial charge is 0.354 e. The zero-order valence-corrected chi connectivity index (χ0v) is 13.6. The molecule has 0 saturated heterocycles. The average molecular weight is 323 g/mol. The summed E-state index contributed by atoms with van der Waals surface area (Å²) in [4.78, 5) is 25.4. The van der Waals surface area contributed by atoms with Crippen LogP contribution in [0.5, 0.6) is 5.75 Å². The molecule has 0 radical (unpaired) electrons. The van der Waals surface area contributed by atoms with Crippen LogP contribution in [0.1, 0.15) is 79.3 Å². The van der Waals surface area contributed by atoms with E-state index in [9.17, 15) is 9.59 Å². The summed E-state index contributed by atoms with van der Waals surface area (Å²) >= 11 is 0. The number of aromatic carboxylic acids is 2. The van der Waals surface area contributed by atoms with Crippen molar-refractivity contribution in [1.29, 1.82) is 0 Å². The maximum absolute atomic E-state index is 10.9. The fourth-order valence-corrected chi connectivity index (χ4v) is 2.23. The van der Waals surface area contributed by atoms with Gasteiger partial charge in [-0.25, -0.2) is 14.6 Å². The van der Waals surface area contributed by atoms with E-state index in [1.807, 2.05) is 0 Å². The lowest BCUT2D eigenvalue weighted by Crippen LogP contribution is -2.09. The molecule has 23 heavy (non-hydrogen) atoms. The summed E-state index contributed by atoms with van der Waals surface area (Å²) < 4.78 is 5.47. The fourth-order valence-electron chi connectivity index (χ4n) is 2.23. The topological polar surface area (TPSA) is 96.7 Å². The molecule has 1 rings (SSSR count). The first-order valence-electron chi connectivity index (χ1n) is 8.16. The molecule has 0 unspecified atom stereocenters. The minimum absolute atomic E-state index is 0.234. The van der Waals surface area contributed by atoms with Crippen molar-refractivity contribution < 1.29 is 24.5 Å². The number of nitrogens with zero attached hydrogens (tertiary/aromatic N) is 1. The van der Waals surface area contributed by atoms with Crippen LogP contribution in [0, 0.1) is 0 Å². The molecule has 0 aliphatic rings. The zero-order valence-electron chi connectivity index (χ0n) is 13.6. The molecular formula is C17H25NO5. The van der Waals surface area contributed by atoms with Crippen LogP contribution in [-0.2, 0) is 0 Å². The number of hydrogen-bond acceptors (Lipinski definition) is 4. The van der Waals surface area contributed by atoms with Gasteiger partial charge in [0.05, 0.1) is 6.61 Å². The number of ether oxygens (including phenoxy) is 1. The van der Waals surface area contributed by atoms with Crippen molar-refractivity contribution in [1.82, 2.24) is 4.98 Å². The lowest BCUT2D eigenvalue weighted by atomic mass is 10.1. The molecule has 0 saturated carbocycles. The van der Waals surface area contributed by atoms with Gasteiger partial charge in [0.25, 0.3) is 0 Å². The van der Waals surface area contributed by atoms with Crippen LogP contribution < -0.4 is 4.74 Å². The number of pyridine rings is 1. The van der Waals surface area contributed by atoms with Crippen LogP contribution in [0.25, 0.3) is 0 Å².